The number of benzene rings is 1. The summed E-state index contributed by atoms with van der Waals surface area (Å²) in [5.41, 5.74) is 0.440. The van der Waals surface area contributed by atoms with E-state index in [2.05, 4.69) is 26.1 Å². The molecule has 0 fully saturated rings. The second kappa shape index (κ2) is 8.35. The predicted octanol–water partition coefficient (Wildman–Crippen LogP) is 3.56. The summed E-state index contributed by atoms with van der Waals surface area (Å²) in [6.07, 6.45) is 2.49. The van der Waals surface area contributed by atoms with Crippen LogP contribution < -0.4 is 10.1 Å². The second-order valence-corrected chi connectivity index (χ2v) is 5.96. The van der Waals surface area contributed by atoms with Crippen LogP contribution in [0.4, 0.5) is 4.39 Å². The van der Waals surface area contributed by atoms with Crippen molar-refractivity contribution in [3.8, 4) is 5.75 Å². The molecule has 21 heavy (non-hydrogen) atoms. The Labute approximate surface area is 127 Å². The molecule has 0 radical (unpaired) electrons. The fourth-order valence-electron chi connectivity index (χ4n) is 2.38. The van der Waals surface area contributed by atoms with E-state index in [1.165, 1.54) is 7.11 Å². The maximum absolute atomic E-state index is 14.3. The van der Waals surface area contributed by atoms with Crippen LogP contribution in [-0.4, -0.2) is 32.4 Å². The molecule has 0 heterocycles. The molecule has 0 aliphatic rings. The summed E-state index contributed by atoms with van der Waals surface area (Å²) in [6, 6.07) is 5.46. The van der Waals surface area contributed by atoms with Gasteiger partial charge in [-0.1, -0.05) is 19.1 Å². The largest absolute Gasteiger partial charge is 0.494 e. The molecule has 0 saturated heterocycles. The topological polar surface area (TPSA) is 30.5 Å². The number of rotatable bonds is 9. The zero-order chi connectivity index (χ0) is 15.9. The van der Waals surface area contributed by atoms with Crippen LogP contribution in [0.25, 0.3) is 0 Å². The first-order valence-corrected chi connectivity index (χ1v) is 7.53. The smallest absolute Gasteiger partial charge is 0.168 e. The van der Waals surface area contributed by atoms with E-state index in [4.69, 9.17) is 9.47 Å². The maximum atomic E-state index is 14.3. The molecule has 1 aromatic rings. The second-order valence-electron chi connectivity index (χ2n) is 5.96. The molecule has 1 aromatic carbocycles. The van der Waals surface area contributed by atoms with Gasteiger partial charge in [0.2, 0.25) is 0 Å². The van der Waals surface area contributed by atoms with Gasteiger partial charge in [0.05, 0.1) is 12.7 Å². The van der Waals surface area contributed by atoms with Gasteiger partial charge in [-0.3, -0.25) is 0 Å². The van der Waals surface area contributed by atoms with Crippen molar-refractivity contribution in [2.75, 3.05) is 20.8 Å². The van der Waals surface area contributed by atoms with Gasteiger partial charge in [0.15, 0.2) is 11.6 Å². The Morgan fingerprint density at radius 2 is 2.00 bits per heavy atom. The number of halogens is 1. The molecule has 3 nitrogen and oxygen atoms in total. The van der Waals surface area contributed by atoms with E-state index in [1.807, 2.05) is 12.1 Å². The molecule has 1 N–H and O–H groups in total. The molecule has 0 aromatic heterocycles. The zero-order valence-corrected chi connectivity index (χ0v) is 13.8. The van der Waals surface area contributed by atoms with Crippen molar-refractivity contribution in [2.45, 2.75) is 51.7 Å². The van der Waals surface area contributed by atoms with Crippen LogP contribution in [0.2, 0.25) is 0 Å². The van der Waals surface area contributed by atoms with Gasteiger partial charge >= 0.3 is 0 Å². The highest BCUT2D eigenvalue weighted by Crippen LogP contribution is 2.24. The number of methoxy groups -OCH3 is 2. The van der Waals surface area contributed by atoms with E-state index < -0.39 is 0 Å². The minimum absolute atomic E-state index is 0.168. The molecule has 0 saturated carbocycles. The van der Waals surface area contributed by atoms with E-state index in [0.29, 0.717) is 17.7 Å². The minimum Gasteiger partial charge on any atom is -0.494 e. The van der Waals surface area contributed by atoms with E-state index in [-0.39, 0.29) is 17.5 Å². The average Bonchev–Trinajstić information content (AvgIpc) is 2.46. The number of ether oxygens (including phenoxy) is 2. The summed E-state index contributed by atoms with van der Waals surface area (Å²) >= 11 is 0. The Hall–Kier alpha value is -1.13. The van der Waals surface area contributed by atoms with Crippen molar-refractivity contribution >= 4 is 0 Å². The van der Waals surface area contributed by atoms with Gasteiger partial charge in [-0.2, -0.15) is 0 Å². The Kier molecular flexibility index (Phi) is 7.12. The lowest BCUT2D eigenvalue weighted by Gasteiger charge is -2.29. The number of nitrogens with one attached hydrogen (secondary N) is 1. The molecule has 120 valence electrons. The molecule has 4 heteroatoms. The first-order valence-electron chi connectivity index (χ1n) is 7.53. The standard InChI is InChI=1S/C17H28FNO2/c1-6-10-19-14(12-17(2,3)21-5)11-13-8-7-9-15(20-4)16(13)18/h7-9,14,19H,6,10-12H2,1-5H3. The van der Waals surface area contributed by atoms with Crippen molar-refractivity contribution in [1.29, 1.82) is 0 Å². The quantitative estimate of drug-likeness (QED) is 0.756. The Morgan fingerprint density at radius 1 is 1.29 bits per heavy atom. The SMILES string of the molecule is CCCNC(Cc1cccc(OC)c1F)CC(C)(C)OC. The van der Waals surface area contributed by atoms with E-state index in [0.717, 1.165) is 19.4 Å². The lowest BCUT2D eigenvalue weighted by Crippen LogP contribution is -2.39. The Balaban J connectivity index is 2.85. The first kappa shape index (κ1) is 17.9. The van der Waals surface area contributed by atoms with Crippen LogP contribution in [-0.2, 0) is 11.2 Å². The fraction of sp³-hybridized carbons (Fsp3) is 0.647. The molecule has 1 rings (SSSR count). The molecule has 0 aliphatic heterocycles. The van der Waals surface area contributed by atoms with Crippen molar-refractivity contribution < 1.29 is 13.9 Å². The highest BCUT2D eigenvalue weighted by Gasteiger charge is 2.24. The summed E-state index contributed by atoms with van der Waals surface area (Å²) < 4.78 is 24.8. The van der Waals surface area contributed by atoms with Crippen LogP contribution in [0.1, 0.15) is 39.2 Å². The molecular weight excluding hydrogens is 269 g/mol. The maximum Gasteiger partial charge on any atom is 0.168 e. The highest BCUT2D eigenvalue weighted by atomic mass is 19.1. The molecule has 1 unspecified atom stereocenters. The van der Waals surface area contributed by atoms with Crippen LogP contribution in [0.5, 0.6) is 5.75 Å². The molecule has 0 aliphatic carbocycles. The monoisotopic (exact) mass is 297 g/mol. The van der Waals surface area contributed by atoms with Gasteiger partial charge in [-0.25, -0.2) is 4.39 Å². The van der Waals surface area contributed by atoms with E-state index >= 15 is 0 Å². The van der Waals surface area contributed by atoms with Gasteiger partial charge in [-0.05, 0) is 51.3 Å². The Bertz CT molecular complexity index is 435. The third kappa shape index (κ3) is 5.64. The lowest BCUT2D eigenvalue weighted by atomic mass is 9.93. The molecule has 0 bridgehead atoms. The van der Waals surface area contributed by atoms with E-state index in [9.17, 15) is 4.39 Å². The summed E-state index contributed by atoms with van der Waals surface area (Å²) in [5.74, 6) is 0.0336. The summed E-state index contributed by atoms with van der Waals surface area (Å²) in [7, 11) is 3.20. The number of hydrogen-bond donors (Lipinski definition) is 1. The number of hydrogen-bond acceptors (Lipinski definition) is 3. The molecule has 0 amide bonds. The van der Waals surface area contributed by atoms with Gasteiger partial charge in [0.1, 0.15) is 0 Å². The first-order chi connectivity index (χ1) is 9.93. The van der Waals surface area contributed by atoms with Crippen molar-refractivity contribution in [2.24, 2.45) is 0 Å². The van der Waals surface area contributed by atoms with Gasteiger partial charge < -0.3 is 14.8 Å². The van der Waals surface area contributed by atoms with Gasteiger partial charge in [-0.15, -0.1) is 0 Å². The van der Waals surface area contributed by atoms with E-state index in [1.54, 1.807) is 13.2 Å². The molecule has 0 spiro atoms. The summed E-state index contributed by atoms with van der Waals surface area (Å²) in [5, 5.41) is 3.49. The highest BCUT2D eigenvalue weighted by molar-refractivity contribution is 5.31. The van der Waals surface area contributed by atoms with Crippen LogP contribution in [0, 0.1) is 5.82 Å². The fourth-order valence-corrected chi connectivity index (χ4v) is 2.38. The van der Waals surface area contributed by atoms with Gasteiger partial charge in [0.25, 0.3) is 0 Å². The zero-order valence-electron chi connectivity index (χ0n) is 13.8. The minimum atomic E-state index is -0.265. The summed E-state index contributed by atoms with van der Waals surface area (Å²) in [6.45, 7) is 7.14. The summed E-state index contributed by atoms with van der Waals surface area (Å²) in [4.78, 5) is 0. The normalized spacial score (nSPS) is 13.2. The third-order valence-corrected chi connectivity index (χ3v) is 3.70. The van der Waals surface area contributed by atoms with Crippen LogP contribution in [0.3, 0.4) is 0 Å². The van der Waals surface area contributed by atoms with Crippen molar-refractivity contribution in [3.05, 3.63) is 29.6 Å². The molecule has 1 atom stereocenters. The van der Waals surface area contributed by atoms with Crippen LogP contribution >= 0.6 is 0 Å². The van der Waals surface area contributed by atoms with Crippen LogP contribution in [0.15, 0.2) is 18.2 Å². The predicted molar refractivity (Wildman–Crippen MR) is 84.4 cm³/mol. The third-order valence-electron chi connectivity index (χ3n) is 3.70. The van der Waals surface area contributed by atoms with Gasteiger partial charge in [0, 0.05) is 13.2 Å². The average molecular weight is 297 g/mol. The van der Waals surface area contributed by atoms with Crippen molar-refractivity contribution in [1.82, 2.24) is 5.32 Å². The molecular formula is C17H28FNO2. The Morgan fingerprint density at radius 3 is 2.57 bits per heavy atom. The lowest BCUT2D eigenvalue weighted by molar-refractivity contribution is 0.00707. The van der Waals surface area contributed by atoms with Crippen molar-refractivity contribution in [3.63, 3.8) is 0 Å².